The minimum absolute atomic E-state index is 0.139. The molecule has 1 saturated heterocycles. The van der Waals surface area contributed by atoms with Crippen molar-refractivity contribution in [1.82, 2.24) is 4.90 Å². The van der Waals surface area contributed by atoms with Crippen LogP contribution in [0.3, 0.4) is 0 Å². The van der Waals surface area contributed by atoms with Crippen LogP contribution in [0.4, 0.5) is 11.4 Å². The van der Waals surface area contributed by atoms with Gasteiger partial charge < -0.3 is 14.4 Å². The number of anilines is 1. The van der Waals surface area contributed by atoms with Gasteiger partial charge in [-0.3, -0.25) is 4.90 Å². The van der Waals surface area contributed by atoms with Crippen LogP contribution in [0.15, 0.2) is 29.4 Å². The van der Waals surface area contributed by atoms with E-state index >= 15 is 0 Å². The van der Waals surface area contributed by atoms with Gasteiger partial charge in [0, 0.05) is 51.6 Å². The van der Waals surface area contributed by atoms with Crippen molar-refractivity contribution in [3.05, 3.63) is 29.2 Å². The van der Waals surface area contributed by atoms with Gasteiger partial charge in [0.15, 0.2) is 6.29 Å². The number of benzene rings is 1. The SMILES string of the molecule is CCOC(CN1CCN(c2ccc(N=O)cc2)CC1)OCC. The first kappa shape index (κ1) is 16.9. The standard InChI is InChI=1S/C16H25N3O3/c1-3-21-16(22-4-2)13-18-9-11-19(12-10-18)15-7-5-14(17-20)6-8-15/h5-8,16H,3-4,9-13H2,1-2H3. The summed E-state index contributed by atoms with van der Waals surface area (Å²) in [5.74, 6) is 0. The minimum atomic E-state index is -0.139. The zero-order chi connectivity index (χ0) is 15.8. The summed E-state index contributed by atoms with van der Waals surface area (Å²) in [7, 11) is 0. The molecule has 1 aliphatic heterocycles. The molecule has 1 fully saturated rings. The fraction of sp³-hybridized carbons (Fsp3) is 0.625. The molecule has 0 aliphatic carbocycles. The molecule has 6 heteroatoms. The minimum Gasteiger partial charge on any atom is -0.369 e. The first-order valence-electron chi connectivity index (χ1n) is 7.90. The first-order valence-corrected chi connectivity index (χ1v) is 7.90. The van der Waals surface area contributed by atoms with E-state index in [4.69, 9.17) is 9.47 Å². The quantitative estimate of drug-likeness (QED) is 0.546. The van der Waals surface area contributed by atoms with Crippen LogP contribution in [0, 0.1) is 4.91 Å². The van der Waals surface area contributed by atoms with Gasteiger partial charge in [-0.05, 0) is 43.3 Å². The lowest BCUT2D eigenvalue weighted by molar-refractivity contribution is -0.147. The molecule has 0 spiro atoms. The van der Waals surface area contributed by atoms with E-state index in [2.05, 4.69) is 15.0 Å². The van der Waals surface area contributed by atoms with Crippen LogP contribution >= 0.6 is 0 Å². The van der Waals surface area contributed by atoms with Crippen LogP contribution in [-0.2, 0) is 9.47 Å². The van der Waals surface area contributed by atoms with Gasteiger partial charge in [-0.1, -0.05) is 0 Å². The van der Waals surface area contributed by atoms with Gasteiger partial charge in [0.1, 0.15) is 5.69 Å². The van der Waals surface area contributed by atoms with Crippen LogP contribution in [-0.4, -0.2) is 57.1 Å². The Balaban J connectivity index is 1.82. The lowest BCUT2D eigenvalue weighted by atomic mass is 10.2. The lowest BCUT2D eigenvalue weighted by Crippen LogP contribution is -2.49. The van der Waals surface area contributed by atoms with E-state index in [0.717, 1.165) is 38.4 Å². The molecular formula is C16H25N3O3. The molecule has 0 N–H and O–H groups in total. The summed E-state index contributed by atoms with van der Waals surface area (Å²) in [5.41, 5.74) is 1.61. The molecule has 0 bridgehead atoms. The van der Waals surface area contributed by atoms with Crippen LogP contribution < -0.4 is 4.90 Å². The van der Waals surface area contributed by atoms with E-state index in [9.17, 15) is 4.91 Å². The molecule has 1 aromatic rings. The number of nitroso groups, excluding NO2 is 1. The van der Waals surface area contributed by atoms with Crippen molar-refractivity contribution >= 4 is 11.4 Å². The molecule has 1 heterocycles. The summed E-state index contributed by atoms with van der Waals surface area (Å²) < 4.78 is 11.2. The highest BCUT2D eigenvalue weighted by molar-refractivity contribution is 5.53. The van der Waals surface area contributed by atoms with E-state index in [-0.39, 0.29) is 6.29 Å². The maximum absolute atomic E-state index is 10.5. The van der Waals surface area contributed by atoms with Crippen LogP contribution in [0.25, 0.3) is 0 Å². The maximum Gasteiger partial charge on any atom is 0.170 e. The van der Waals surface area contributed by atoms with Gasteiger partial charge in [0.25, 0.3) is 0 Å². The van der Waals surface area contributed by atoms with Gasteiger partial charge in [-0.2, -0.15) is 0 Å². The molecule has 0 atom stereocenters. The lowest BCUT2D eigenvalue weighted by Gasteiger charge is -2.37. The Morgan fingerprint density at radius 2 is 1.64 bits per heavy atom. The average molecular weight is 307 g/mol. The van der Waals surface area contributed by atoms with E-state index < -0.39 is 0 Å². The summed E-state index contributed by atoms with van der Waals surface area (Å²) in [6.45, 7) is 9.99. The van der Waals surface area contributed by atoms with Crippen molar-refractivity contribution in [1.29, 1.82) is 0 Å². The predicted octanol–water partition coefficient (Wildman–Crippen LogP) is 2.61. The van der Waals surface area contributed by atoms with Gasteiger partial charge >= 0.3 is 0 Å². The number of hydrogen-bond acceptors (Lipinski definition) is 6. The number of rotatable bonds is 8. The predicted molar refractivity (Wildman–Crippen MR) is 87.6 cm³/mol. The highest BCUT2D eigenvalue weighted by Gasteiger charge is 2.20. The summed E-state index contributed by atoms with van der Waals surface area (Å²) in [5, 5.41) is 2.93. The van der Waals surface area contributed by atoms with Gasteiger partial charge in [0.05, 0.1) is 0 Å². The van der Waals surface area contributed by atoms with E-state index in [1.54, 1.807) is 12.1 Å². The molecule has 0 aromatic heterocycles. The van der Waals surface area contributed by atoms with Crippen LogP contribution in [0.1, 0.15) is 13.8 Å². The summed E-state index contributed by atoms with van der Waals surface area (Å²) in [4.78, 5) is 15.1. The van der Waals surface area contributed by atoms with Gasteiger partial charge in [0.2, 0.25) is 0 Å². The van der Waals surface area contributed by atoms with Crippen molar-refractivity contribution in [2.24, 2.45) is 5.18 Å². The molecule has 1 aromatic carbocycles. The molecule has 122 valence electrons. The van der Waals surface area contributed by atoms with E-state index in [0.29, 0.717) is 18.9 Å². The van der Waals surface area contributed by atoms with Crippen LogP contribution in [0.5, 0.6) is 0 Å². The second kappa shape index (κ2) is 8.82. The zero-order valence-electron chi connectivity index (χ0n) is 13.4. The summed E-state index contributed by atoms with van der Waals surface area (Å²) in [6.07, 6.45) is -0.139. The Morgan fingerprint density at radius 1 is 1.05 bits per heavy atom. The molecular weight excluding hydrogens is 282 g/mol. The molecule has 0 amide bonds. The number of ether oxygens (including phenoxy) is 2. The van der Waals surface area contributed by atoms with E-state index in [1.807, 2.05) is 26.0 Å². The molecule has 0 saturated carbocycles. The molecule has 0 radical (unpaired) electrons. The smallest absolute Gasteiger partial charge is 0.170 e. The zero-order valence-corrected chi connectivity index (χ0v) is 13.4. The fourth-order valence-electron chi connectivity index (χ4n) is 2.65. The normalized spacial score (nSPS) is 16.2. The summed E-state index contributed by atoms with van der Waals surface area (Å²) >= 11 is 0. The third-order valence-corrected chi connectivity index (χ3v) is 3.80. The topological polar surface area (TPSA) is 54.4 Å². The Kier molecular flexibility index (Phi) is 6.76. The molecule has 1 aliphatic rings. The average Bonchev–Trinajstić information content (AvgIpc) is 2.56. The van der Waals surface area contributed by atoms with E-state index in [1.165, 1.54) is 0 Å². The molecule has 2 rings (SSSR count). The third-order valence-electron chi connectivity index (χ3n) is 3.80. The van der Waals surface area contributed by atoms with Crippen LogP contribution in [0.2, 0.25) is 0 Å². The number of piperazine rings is 1. The van der Waals surface area contributed by atoms with Gasteiger partial charge in [-0.25, -0.2) is 0 Å². The first-order chi connectivity index (χ1) is 10.8. The largest absolute Gasteiger partial charge is 0.369 e. The summed E-state index contributed by atoms with van der Waals surface area (Å²) in [6, 6.07) is 7.43. The number of hydrogen-bond donors (Lipinski definition) is 0. The fourth-order valence-corrected chi connectivity index (χ4v) is 2.65. The maximum atomic E-state index is 10.5. The number of nitrogens with zero attached hydrogens (tertiary/aromatic N) is 3. The highest BCUT2D eigenvalue weighted by Crippen LogP contribution is 2.21. The molecule has 22 heavy (non-hydrogen) atoms. The molecule has 6 nitrogen and oxygen atoms in total. The third kappa shape index (κ3) is 4.76. The Bertz CT molecular complexity index is 438. The second-order valence-electron chi connectivity index (χ2n) is 5.24. The Hall–Kier alpha value is -1.50. The van der Waals surface area contributed by atoms with Crippen molar-refractivity contribution in [3.63, 3.8) is 0 Å². The van der Waals surface area contributed by atoms with Crippen molar-refractivity contribution in [2.75, 3.05) is 50.8 Å². The van der Waals surface area contributed by atoms with Crippen molar-refractivity contribution < 1.29 is 9.47 Å². The van der Waals surface area contributed by atoms with Crippen molar-refractivity contribution in [3.8, 4) is 0 Å². The van der Waals surface area contributed by atoms with Crippen molar-refractivity contribution in [2.45, 2.75) is 20.1 Å². The monoisotopic (exact) mass is 307 g/mol. The Labute approximate surface area is 132 Å². The highest BCUT2D eigenvalue weighted by atomic mass is 16.7. The second-order valence-corrected chi connectivity index (χ2v) is 5.24. The Morgan fingerprint density at radius 3 is 2.14 bits per heavy atom. The molecule has 0 unspecified atom stereocenters. The van der Waals surface area contributed by atoms with Gasteiger partial charge in [-0.15, -0.1) is 4.91 Å².